The number of amides is 1. The van der Waals surface area contributed by atoms with E-state index in [1.165, 1.54) is 19.4 Å². The van der Waals surface area contributed by atoms with Crippen LogP contribution in [-0.2, 0) is 4.74 Å². The Balaban J connectivity index is 1.88. The van der Waals surface area contributed by atoms with E-state index in [1.807, 2.05) is 0 Å². The van der Waals surface area contributed by atoms with Gasteiger partial charge in [-0.2, -0.15) is 0 Å². The van der Waals surface area contributed by atoms with Crippen LogP contribution in [0.15, 0.2) is 30.5 Å². The van der Waals surface area contributed by atoms with E-state index in [0.717, 1.165) is 19.3 Å². The molecule has 106 valence electrons. The highest BCUT2D eigenvalue weighted by Crippen LogP contribution is 2.17. The molecule has 1 amide bonds. The molecule has 0 fully saturated rings. The lowest BCUT2D eigenvalue weighted by Crippen LogP contribution is -2.29. The zero-order valence-electron chi connectivity index (χ0n) is 11.5. The van der Waals surface area contributed by atoms with Gasteiger partial charge in [0.2, 0.25) is 0 Å². The molecule has 2 rings (SSSR count). The molecule has 1 aromatic heterocycles. The van der Waals surface area contributed by atoms with E-state index in [2.05, 4.69) is 27.2 Å². The zero-order chi connectivity index (χ0) is 14.4. The highest BCUT2D eigenvalue weighted by Gasteiger charge is 2.13. The first-order chi connectivity index (χ1) is 9.70. The third kappa shape index (κ3) is 3.66. The molecule has 1 unspecified atom stereocenters. The van der Waals surface area contributed by atoms with E-state index in [1.54, 1.807) is 6.07 Å². The van der Waals surface area contributed by atoms with Crippen molar-refractivity contribution in [1.82, 2.24) is 10.3 Å². The maximum Gasteiger partial charge on any atom is 0.356 e. The number of nitrogens with one attached hydrogen (secondary N) is 1. The summed E-state index contributed by atoms with van der Waals surface area (Å²) in [5.74, 6) is -0.166. The van der Waals surface area contributed by atoms with E-state index >= 15 is 0 Å². The largest absolute Gasteiger partial charge is 0.464 e. The van der Waals surface area contributed by atoms with Gasteiger partial charge in [0, 0.05) is 12.7 Å². The number of carbonyl (C=O) groups is 2. The Labute approximate surface area is 118 Å². The van der Waals surface area contributed by atoms with Gasteiger partial charge in [0.1, 0.15) is 5.69 Å². The minimum Gasteiger partial charge on any atom is -0.464 e. The summed E-state index contributed by atoms with van der Waals surface area (Å²) < 4.78 is 4.56. The van der Waals surface area contributed by atoms with Crippen molar-refractivity contribution in [3.8, 4) is 0 Å². The summed E-state index contributed by atoms with van der Waals surface area (Å²) in [4.78, 5) is 27.1. The Morgan fingerprint density at radius 1 is 1.40 bits per heavy atom. The minimum atomic E-state index is -0.508. The van der Waals surface area contributed by atoms with E-state index in [0.29, 0.717) is 18.0 Å². The Hall–Kier alpha value is -2.17. The maximum absolute atomic E-state index is 12.0. The molecule has 1 atom stereocenters. The number of ether oxygens (including phenoxy) is 1. The number of hydrogen-bond donors (Lipinski definition) is 1. The standard InChI is InChI=1S/C15H18N2O3/c1-20-15(19)13-8-7-12(10-16-13)14(18)17-9-11-5-3-2-4-6-11/h2-3,7-8,10-11H,4-6,9H2,1H3,(H,17,18). The summed E-state index contributed by atoms with van der Waals surface area (Å²) >= 11 is 0. The van der Waals surface area contributed by atoms with Crippen molar-refractivity contribution in [2.75, 3.05) is 13.7 Å². The lowest BCUT2D eigenvalue weighted by molar-refractivity contribution is 0.0593. The summed E-state index contributed by atoms with van der Waals surface area (Å²) in [7, 11) is 1.29. The average Bonchev–Trinajstić information content (AvgIpc) is 2.53. The zero-order valence-corrected chi connectivity index (χ0v) is 11.5. The average molecular weight is 274 g/mol. The topological polar surface area (TPSA) is 68.3 Å². The molecule has 1 aromatic rings. The quantitative estimate of drug-likeness (QED) is 0.673. The van der Waals surface area contributed by atoms with Crippen LogP contribution in [0.1, 0.15) is 40.1 Å². The Morgan fingerprint density at radius 2 is 2.25 bits per heavy atom. The number of nitrogens with zero attached hydrogens (tertiary/aromatic N) is 1. The van der Waals surface area contributed by atoms with E-state index in [4.69, 9.17) is 0 Å². The van der Waals surface area contributed by atoms with Gasteiger partial charge in [0.15, 0.2) is 0 Å². The first kappa shape index (κ1) is 14.2. The molecule has 0 aliphatic heterocycles. The predicted octanol–water partition coefficient (Wildman–Crippen LogP) is 1.95. The van der Waals surface area contributed by atoms with Crippen LogP contribution in [0.4, 0.5) is 0 Å². The highest BCUT2D eigenvalue weighted by molar-refractivity contribution is 5.95. The van der Waals surface area contributed by atoms with Crippen LogP contribution in [0.25, 0.3) is 0 Å². The number of esters is 1. The Bertz CT molecular complexity index is 508. The molecule has 0 saturated carbocycles. The fourth-order valence-corrected chi connectivity index (χ4v) is 2.13. The molecule has 20 heavy (non-hydrogen) atoms. The summed E-state index contributed by atoms with van der Waals surface area (Å²) in [5, 5.41) is 2.90. The maximum atomic E-state index is 12.0. The van der Waals surface area contributed by atoms with Crippen molar-refractivity contribution < 1.29 is 14.3 Å². The molecule has 5 heteroatoms. The number of carbonyl (C=O) groups excluding carboxylic acids is 2. The third-order valence-corrected chi connectivity index (χ3v) is 3.35. The van der Waals surface area contributed by atoms with Gasteiger partial charge in [-0.25, -0.2) is 9.78 Å². The lowest BCUT2D eigenvalue weighted by atomic mass is 9.94. The van der Waals surface area contributed by atoms with E-state index in [-0.39, 0.29) is 11.6 Å². The van der Waals surface area contributed by atoms with Crippen LogP contribution in [0.2, 0.25) is 0 Å². The monoisotopic (exact) mass is 274 g/mol. The van der Waals surface area contributed by atoms with Crippen molar-refractivity contribution in [3.05, 3.63) is 41.7 Å². The first-order valence-electron chi connectivity index (χ1n) is 6.68. The van der Waals surface area contributed by atoms with Crippen LogP contribution in [0, 0.1) is 5.92 Å². The molecule has 0 bridgehead atoms. The molecule has 5 nitrogen and oxygen atoms in total. The molecule has 0 aromatic carbocycles. The molecule has 1 aliphatic carbocycles. The van der Waals surface area contributed by atoms with Gasteiger partial charge < -0.3 is 10.1 Å². The number of hydrogen-bond acceptors (Lipinski definition) is 4. The molecule has 0 saturated heterocycles. The van der Waals surface area contributed by atoms with Crippen LogP contribution in [0.5, 0.6) is 0 Å². The second-order valence-corrected chi connectivity index (χ2v) is 4.78. The molecule has 1 N–H and O–H groups in total. The number of allylic oxidation sites excluding steroid dienone is 2. The van der Waals surface area contributed by atoms with Gasteiger partial charge in [-0.05, 0) is 37.3 Å². The summed E-state index contributed by atoms with van der Waals surface area (Å²) in [6.45, 7) is 0.669. The van der Waals surface area contributed by atoms with Crippen molar-refractivity contribution >= 4 is 11.9 Å². The molecule has 0 radical (unpaired) electrons. The third-order valence-electron chi connectivity index (χ3n) is 3.35. The Morgan fingerprint density at radius 3 is 2.85 bits per heavy atom. The molecular weight excluding hydrogens is 256 g/mol. The second-order valence-electron chi connectivity index (χ2n) is 4.78. The lowest BCUT2D eigenvalue weighted by Gasteiger charge is -2.18. The summed E-state index contributed by atoms with van der Waals surface area (Å²) in [5.41, 5.74) is 0.644. The van der Waals surface area contributed by atoms with Crippen LogP contribution < -0.4 is 5.32 Å². The van der Waals surface area contributed by atoms with Crippen molar-refractivity contribution in [2.45, 2.75) is 19.3 Å². The second kappa shape index (κ2) is 6.84. The minimum absolute atomic E-state index is 0.163. The van der Waals surface area contributed by atoms with Gasteiger partial charge in [0.05, 0.1) is 12.7 Å². The number of methoxy groups -OCH3 is 1. The number of pyridine rings is 1. The Kier molecular flexibility index (Phi) is 4.87. The molecule has 1 aliphatic rings. The fraction of sp³-hybridized carbons (Fsp3) is 0.400. The molecule has 1 heterocycles. The van der Waals surface area contributed by atoms with Crippen molar-refractivity contribution in [1.29, 1.82) is 0 Å². The number of aromatic nitrogens is 1. The van der Waals surface area contributed by atoms with Crippen LogP contribution in [0.3, 0.4) is 0 Å². The summed E-state index contributed by atoms with van der Waals surface area (Å²) in [6.07, 6.45) is 8.93. The SMILES string of the molecule is COC(=O)c1ccc(C(=O)NCC2CC=CCC2)cn1. The molecular formula is C15H18N2O3. The summed E-state index contributed by atoms with van der Waals surface area (Å²) in [6, 6.07) is 3.07. The normalized spacial score (nSPS) is 17.6. The van der Waals surface area contributed by atoms with Gasteiger partial charge in [-0.3, -0.25) is 4.79 Å². The van der Waals surface area contributed by atoms with Crippen molar-refractivity contribution in [3.63, 3.8) is 0 Å². The predicted molar refractivity (Wildman–Crippen MR) is 74.4 cm³/mol. The van der Waals surface area contributed by atoms with Gasteiger partial charge in [-0.1, -0.05) is 12.2 Å². The van der Waals surface area contributed by atoms with E-state index < -0.39 is 5.97 Å². The van der Waals surface area contributed by atoms with Gasteiger partial charge in [-0.15, -0.1) is 0 Å². The van der Waals surface area contributed by atoms with Gasteiger partial charge in [0.25, 0.3) is 5.91 Å². The van der Waals surface area contributed by atoms with E-state index in [9.17, 15) is 9.59 Å². The number of rotatable bonds is 4. The first-order valence-corrected chi connectivity index (χ1v) is 6.68. The van der Waals surface area contributed by atoms with Gasteiger partial charge >= 0.3 is 5.97 Å². The fourth-order valence-electron chi connectivity index (χ4n) is 2.13. The van der Waals surface area contributed by atoms with Crippen LogP contribution >= 0.6 is 0 Å². The van der Waals surface area contributed by atoms with Crippen LogP contribution in [-0.4, -0.2) is 30.5 Å². The van der Waals surface area contributed by atoms with Crippen molar-refractivity contribution in [2.24, 2.45) is 5.92 Å². The molecule has 0 spiro atoms. The smallest absolute Gasteiger partial charge is 0.356 e. The highest BCUT2D eigenvalue weighted by atomic mass is 16.5.